The molecule has 1 N–H and O–H groups in total. The van der Waals surface area contributed by atoms with Gasteiger partial charge in [-0.25, -0.2) is 4.79 Å². The summed E-state index contributed by atoms with van der Waals surface area (Å²) in [6.07, 6.45) is 1.83. The number of aryl methyl sites for hydroxylation is 2. The van der Waals surface area contributed by atoms with Crippen LogP contribution in [0.15, 0.2) is 18.2 Å². The van der Waals surface area contributed by atoms with E-state index in [0.29, 0.717) is 39.5 Å². The van der Waals surface area contributed by atoms with Crippen LogP contribution in [0.1, 0.15) is 24.0 Å². The highest BCUT2D eigenvalue weighted by atomic mass is 16.6. The van der Waals surface area contributed by atoms with Crippen molar-refractivity contribution in [3.63, 3.8) is 0 Å². The Morgan fingerprint density at radius 3 is 2.72 bits per heavy atom. The molecular formula is C19H28N2O4. The maximum atomic E-state index is 12.3. The number of nitrogens with zero attached hydrogens (tertiary/aromatic N) is 1. The second-order valence-electron chi connectivity index (χ2n) is 6.80. The molecule has 0 saturated carbocycles. The molecule has 25 heavy (non-hydrogen) atoms. The summed E-state index contributed by atoms with van der Waals surface area (Å²) < 4.78 is 17.0. The lowest BCUT2D eigenvalue weighted by atomic mass is 10.1. The van der Waals surface area contributed by atoms with E-state index < -0.39 is 0 Å². The molecule has 6 nitrogen and oxygen atoms in total. The normalized spacial score (nSPS) is 21.8. The molecule has 0 bridgehead atoms. The number of urea groups is 1. The minimum atomic E-state index is -0.0386. The van der Waals surface area contributed by atoms with Crippen LogP contribution in [-0.4, -0.2) is 62.6 Å². The van der Waals surface area contributed by atoms with Gasteiger partial charge in [0.2, 0.25) is 0 Å². The molecule has 3 rings (SSSR count). The van der Waals surface area contributed by atoms with E-state index in [1.807, 2.05) is 11.0 Å². The van der Waals surface area contributed by atoms with Crippen LogP contribution >= 0.6 is 0 Å². The number of amides is 2. The number of hydrogen-bond acceptors (Lipinski definition) is 4. The summed E-state index contributed by atoms with van der Waals surface area (Å²) in [4.78, 5) is 14.1. The summed E-state index contributed by atoms with van der Waals surface area (Å²) in [5.74, 6) is 0.917. The fourth-order valence-electron chi connectivity index (χ4n) is 3.12. The number of ether oxygens (including phenoxy) is 3. The van der Waals surface area contributed by atoms with Crippen LogP contribution in [0.5, 0.6) is 5.75 Å². The molecule has 1 aromatic rings. The van der Waals surface area contributed by atoms with Gasteiger partial charge in [-0.05, 0) is 37.1 Å². The van der Waals surface area contributed by atoms with Crippen LogP contribution in [0, 0.1) is 13.8 Å². The topological polar surface area (TPSA) is 60.0 Å². The lowest BCUT2D eigenvalue weighted by molar-refractivity contribution is -0.0856. The fraction of sp³-hybridized carbons (Fsp3) is 0.632. The maximum Gasteiger partial charge on any atom is 0.317 e. The Hall–Kier alpha value is -1.79. The zero-order chi connectivity index (χ0) is 17.6. The van der Waals surface area contributed by atoms with Gasteiger partial charge in [-0.2, -0.15) is 0 Å². The molecule has 6 heteroatoms. The van der Waals surface area contributed by atoms with E-state index >= 15 is 0 Å². The van der Waals surface area contributed by atoms with Crippen LogP contribution in [0.3, 0.4) is 0 Å². The quantitative estimate of drug-likeness (QED) is 0.907. The minimum Gasteiger partial charge on any atom is -0.490 e. The summed E-state index contributed by atoms with van der Waals surface area (Å²) in [5.41, 5.74) is 2.51. The first-order valence-electron chi connectivity index (χ1n) is 9.08. The van der Waals surface area contributed by atoms with Crippen molar-refractivity contribution in [3.05, 3.63) is 29.3 Å². The molecule has 2 amide bonds. The van der Waals surface area contributed by atoms with Crippen molar-refractivity contribution < 1.29 is 19.0 Å². The predicted octanol–water partition coefficient (Wildman–Crippen LogP) is 2.27. The van der Waals surface area contributed by atoms with Gasteiger partial charge in [0, 0.05) is 32.5 Å². The van der Waals surface area contributed by atoms with Crippen LogP contribution in [0.2, 0.25) is 0 Å². The maximum absolute atomic E-state index is 12.3. The molecule has 2 saturated heterocycles. The minimum absolute atomic E-state index is 0.0289. The van der Waals surface area contributed by atoms with E-state index in [9.17, 15) is 4.79 Å². The van der Waals surface area contributed by atoms with E-state index in [4.69, 9.17) is 14.2 Å². The average Bonchev–Trinajstić information content (AvgIpc) is 2.64. The number of carbonyl (C=O) groups is 1. The first-order chi connectivity index (χ1) is 12.1. The molecule has 2 aliphatic rings. The largest absolute Gasteiger partial charge is 0.490 e. The molecule has 2 heterocycles. The van der Waals surface area contributed by atoms with Crippen molar-refractivity contribution in [1.29, 1.82) is 0 Å². The zero-order valence-corrected chi connectivity index (χ0v) is 15.1. The Kier molecular flexibility index (Phi) is 6.15. The highest BCUT2D eigenvalue weighted by molar-refractivity contribution is 5.74. The van der Waals surface area contributed by atoms with Crippen LogP contribution in [0.25, 0.3) is 0 Å². The third-order valence-corrected chi connectivity index (χ3v) is 4.88. The van der Waals surface area contributed by atoms with Crippen molar-refractivity contribution in [2.75, 3.05) is 39.5 Å². The number of nitrogens with one attached hydrogen (secondary N) is 1. The van der Waals surface area contributed by atoms with Gasteiger partial charge in [0.15, 0.2) is 0 Å². The summed E-state index contributed by atoms with van der Waals surface area (Å²) in [6.45, 7) is 7.90. The second-order valence-corrected chi connectivity index (χ2v) is 6.80. The molecule has 0 aromatic heterocycles. The number of piperidine rings is 1. The van der Waals surface area contributed by atoms with Crippen molar-refractivity contribution in [2.24, 2.45) is 0 Å². The van der Waals surface area contributed by atoms with Crippen molar-refractivity contribution in [3.8, 4) is 5.75 Å². The van der Waals surface area contributed by atoms with Crippen LogP contribution in [-0.2, 0) is 9.47 Å². The number of benzene rings is 1. The third-order valence-electron chi connectivity index (χ3n) is 4.88. The van der Waals surface area contributed by atoms with Gasteiger partial charge in [0.05, 0.1) is 25.9 Å². The Balaban J connectivity index is 1.40. The third kappa shape index (κ3) is 5.09. The Morgan fingerprint density at radius 1 is 1.24 bits per heavy atom. The number of carbonyl (C=O) groups excluding carboxylic acids is 1. The molecule has 2 aliphatic heterocycles. The van der Waals surface area contributed by atoms with Crippen LogP contribution in [0.4, 0.5) is 4.79 Å². The van der Waals surface area contributed by atoms with Gasteiger partial charge in [0.25, 0.3) is 0 Å². The van der Waals surface area contributed by atoms with Crippen molar-refractivity contribution >= 4 is 6.03 Å². The van der Waals surface area contributed by atoms with Crippen LogP contribution < -0.4 is 10.1 Å². The first kappa shape index (κ1) is 18.0. The summed E-state index contributed by atoms with van der Waals surface area (Å²) in [7, 11) is 0. The fourth-order valence-corrected chi connectivity index (χ4v) is 3.12. The molecule has 1 atom stereocenters. The highest BCUT2D eigenvalue weighted by Gasteiger charge is 2.25. The smallest absolute Gasteiger partial charge is 0.317 e. The molecule has 2 fully saturated rings. The predicted molar refractivity (Wildman–Crippen MR) is 95.1 cm³/mol. The lowest BCUT2D eigenvalue weighted by Gasteiger charge is -2.33. The van der Waals surface area contributed by atoms with Crippen molar-refractivity contribution in [2.45, 2.75) is 38.9 Å². The van der Waals surface area contributed by atoms with Gasteiger partial charge >= 0.3 is 6.03 Å². The summed E-state index contributed by atoms with van der Waals surface area (Å²) in [5, 5.41) is 2.94. The van der Waals surface area contributed by atoms with E-state index in [1.54, 1.807) is 0 Å². The van der Waals surface area contributed by atoms with Gasteiger partial charge < -0.3 is 24.4 Å². The standard InChI is InChI=1S/C19H28N2O4/c1-14-3-4-17(11-15(14)2)25-16-5-7-21(8-6-16)19(22)20-12-18-13-23-9-10-24-18/h3-4,11,16,18H,5-10,12-13H2,1-2H3,(H,20,22)/t18-/m0/s1. The van der Waals surface area contributed by atoms with Gasteiger partial charge in [-0.15, -0.1) is 0 Å². The number of hydrogen-bond donors (Lipinski definition) is 1. The highest BCUT2D eigenvalue weighted by Crippen LogP contribution is 2.21. The van der Waals surface area contributed by atoms with E-state index in [2.05, 4.69) is 31.3 Å². The average molecular weight is 348 g/mol. The van der Waals surface area contributed by atoms with E-state index in [1.165, 1.54) is 11.1 Å². The summed E-state index contributed by atoms with van der Waals surface area (Å²) in [6, 6.07) is 6.16. The SMILES string of the molecule is Cc1ccc(OC2CCN(C(=O)NC[C@H]3COCCO3)CC2)cc1C. The lowest BCUT2D eigenvalue weighted by Crippen LogP contribution is -2.49. The van der Waals surface area contributed by atoms with E-state index in [0.717, 1.165) is 18.6 Å². The summed E-state index contributed by atoms with van der Waals surface area (Å²) >= 11 is 0. The zero-order valence-electron chi connectivity index (χ0n) is 15.1. The number of rotatable bonds is 4. The molecule has 0 spiro atoms. The van der Waals surface area contributed by atoms with Gasteiger partial charge in [-0.3, -0.25) is 0 Å². The van der Waals surface area contributed by atoms with Gasteiger partial charge in [0.1, 0.15) is 11.9 Å². The second kappa shape index (κ2) is 8.54. The van der Waals surface area contributed by atoms with Gasteiger partial charge in [-0.1, -0.05) is 6.07 Å². The molecular weight excluding hydrogens is 320 g/mol. The Bertz CT molecular complexity index is 579. The van der Waals surface area contributed by atoms with Crippen molar-refractivity contribution in [1.82, 2.24) is 10.2 Å². The molecule has 1 aromatic carbocycles. The Labute approximate surface area is 149 Å². The Morgan fingerprint density at radius 2 is 2.04 bits per heavy atom. The monoisotopic (exact) mass is 348 g/mol. The molecule has 0 radical (unpaired) electrons. The number of likely N-dealkylation sites (tertiary alicyclic amines) is 1. The van der Waals surface area contributed by atoms with E-state index in [-0.39, 0.29) is 18.2 Å². The first-order valence-corrected chi connectivity index (χ1v) is 9.08. The molecule has 0 aliphatic carbocycles. The molecule has 138 valence electrons. The molecule has 0 unspecified atom stereocenters.